The molecule has 17 nitrogen and oxygen atoms in total. The van der Waals surface area contributed by atoms with E-state index in [1.54, 1.807) is 12.3 Å². The number of imidazole rings is 2. The molecule has 3 N–H and O–H groups in total. The molecular formula is C22H25N7O10P2S2. The molecule has 230 valence electrons. The number of nitrogens with zero attached hydrogens (tertiary/aromatic N) is 6. The van der Waals surface area contributed by atoms with Gasteiger partial charge in [0.15, 0.2) is 11.9 Å². The van der Waals surface area contributed by atoms with Gasteiger partial charge in [-0.2, -0.15) is 5.10 Å². The molecule has 0 amide bonds. The molecule has 43 heavy (non-hydrogen) atoms. The van der Waals surface area contributed by atoms with Crippen molar-refractivity contribution in [2.45, 2.75) is 49.3 Å². The van der Waals surface area contributed by atoms with Crippen molar-refractivity contribution in [1.82, 2.24) is 28.5 Å². The van der Waals surface area contributed by atoms with Crippen LogP contribution in [-0.4, -0.2) is 77.4 Å². The third-order valence-electron chi connectivity index (χ3n) is 7.37. The van der Waals surface area contributed by atoms with E-state index in [1.807, 2.05) is 0 Å². The van der Waals surface area contributed by atoms with E-state index in [9.17, 15) is 19.0 Å². The highest BCUT2D eigenvalue weighted by atomic mass is 32.7. The van der Waals surface area contributed by atoms with Gasteiger partial charge in [-0.05, 0) is 6.07 Å². The number of nitrogens with two attached hydrogens (primary N) is 1. The maximum atomic E-state index is 13.5. The fourth-order valence-electron chi connectivity index (χ4n) is 5.38. The summed E-state index contributed by atoms with van der Waals surface area (Å²) in [4.78, 5) is 20.8. The van der Waals surface area contributed by atoms with Crippen LogP contribution in [0.2, 0.25) is 0 Å². The van der Waals surface area contributed by atoms with E-state index in [1.165, 1.54) is 44.3 Å². The predicted octanol–water partition coefficient (Wildman–Crippen LogP) is 1.80. The number of anilines is 1. The van der Waals surface area contributed by atoms with Crippen LogP contribution >= 0.6 is 38.1 Å². The summed E-state index contributed by atoms with van der Waals surface area (Å²) in [7, 11) is 0. The summed E-state index contributed by atoms with van der Waals surface area (Å²) in [6.45, 7) is -9.12. The molecule has 2 bridgehead atoms. The zero-order valence-electron chi connectivity index (χ0n) is 21.9. The summed E-state index contributed by atoms with van der Waals surface area (Å²) >= 11 is 8.29. The molecule has 0 spiro atoms. The first kappa shape index (κ1) is 29.4. The van der Waals surface area contributed by atoms with Crippen LogP contribution in [0, 0.1) is 0 Å². The lowest BCUT2D eigenvalue weighted by atomic mass is 10.1. The number of nitrogen functional groups attached to an aromatic ring is 1. The van der Waals surface area contributed by atoms with Gasteiger partial charge in [-0.1, -0.05) is 24.5 Å². The number of hydrogen-bond donors (Lipinski definition) is 4. The monoisotopic (exact) mass is 673 g/mol. The molecule has 7 rings (SSSR count). The summed E-state index contributed by atoms with van der Waals surface area (Å²) in [6.07, 6.45) is -0.148. The second-order valence-electron chi connectivity index (χ2n) is 10.1. The van der Waals surface area contributed by atoms with Gasteiger partial charge >= 0.3 is 13.6 Å². The second-order valence-corrected chi connectivity index (χ2v) is 15.8. The van der Waals surface area contributed by atoms with Gasteiger partial charge in [-0.3, -0.25) is 31.9 Å². The predicted molar refractivity (Wildman–Crippen MR) is 154 cm³/mol. The molecule has 0 aliphatic carbocycles. The first-order chi connectivity index (χ1) is 20.5. The maximum absolute atomic E-state index is 13.5. The number of aromatic nitrogens is 6. The highest BCUT2D eigenvalue weighted by Gasteiger charge is 2.51. The van der Waals surface area contributed by atoms with Crippen LogP contribution in [0.5, 0.6) is 0 Å². The van der Waals surface area contributed by atoms with Crippen LogP contribution in [0.15, 0.2) is 47.9 Å². The highest BCUT2D eigenvalue weighted by molar-refractivity contribution is 8.44. The van der Waals surface area contributed by atoms with E-state index in [-0.39, 0.29) is 24.4 Å². The van der Waals surface area contributed by atoms with Crippen LogP contribution in [-0.2, 0) is 36.7 Å². The Morgan fingerprint density at radius 1 is 0.977 bits per heavy atom. The molecular weight excluding hydrogens is 648 g/mol. The van der Waals surface area contributed by atoms with Gasteiger partial charge in [0.2, 0.25) is 5.78 Å². The largest absolute Gasteiger partial charge is 0.396 e. The fourth-order valence-corrected chi connectivity index (χ4v) is 8.36. The van der Waals surface area contributed by atoms with Gasteiger partial charge in [0.25, 0.3) is 5.56 Å². The van der Waals surface area contributed by atoms with Crippen LogP contribution in [0.4, 0.5) is 5.69 Å². The first-order valence-corrected chi connectivity index (χ1v) is 18.3. The van der Waals surface area contributed by atoms with Gasteiger partial charge in [-0.25, -0.2) is 23.6 Å². The molecule has 9 atom stereocenters. The second kappa shape index (κ2) is 11.0. The summed E-state index contributed by atoms with van der Waals surface area (Å²) in [5, 5.41) is 15.4. The molecule has 3 aliphatic heterocycles. The average molecular weight is 674 g/mol. The Morgan fingerprint density at radius 2 is 1.74 bits per heavy atom. The van der Waals surface area contributed by atoms with Crippen LogP contribution in [0.3, 0.4) is 0 Å². The van der Waals surface area contributed by atoms with Gasteiger partial charge in [-0.15, -0.1) is 0 Å². The lowest BCUT2D eigenvalue weighted by Gasteiger charge is -2.26. The van der Waals surface area contributed by atoms with E-state index in [2.05, 4.69) is 39.6 Å². The number of thiol groups is 2. The minimum Gasteiger partial charge on any atom is -0.396 e. The molecule has 0 saturated carbocycles. The van der Waals surface area contributed by atoms with Crippen molar-refractivity contribution in [3.8, 4) is 0 Å². The van der Waals surface area contributed by atoms with Gasteiger partial charge in [0.05, 0.1) is 43.1 Å². The Balaban J connectivity index is 1.19. The van der Waals surface area contributed by atoms with Crippen LogP contribution < -0.4 is 11.3 Å². The van der Waals surface area contributed by atoms with Crippen molar-refractivity contribution < 1.29 is 41.8 Å². The Labute approximate surface area is 252 Å². The van der Waals surface area contributed by atoms with E-state index in [4.69, 9.17) is 33.3 Å². The van der Waals surface area contributed by atoms with Crippen molar-refractivity contribution in [2.24, 2.45) is 0 Å². The zero-order valence-corrected chi connectivity index (χ0v) is 25.5. The van der Waals surface area contributed by atoms with Crippen molar-refractivity contribution in [3.05, 3.63) is 59.2 Å². The highest BCUT2D eigenvalue weighted by Crippen LogP contribution is 2.60. The van der Waals surface area contributed by atoms with Gasteiger partial charge in [0, 0.05) is 31.1 Å². The van der Waals surface area contributed by atoms with Gasteiger partial charge in [0.1, 0.15) is 30.5 Å². The van der Waals surface area contributed by atoms with E-state index in [0.29, 0.717) is 17.0 Å². The van der Waals surface area contributed by atoms with E-state index in [0.717, 1.165) is 0 Å². The summed E-state index contributed by atoms with van der Waals surface area (Å²) < 4.78 is 65.9. The molecule has 3 saturated heterocycles. The summed E-state index contributed by atoms with van der Waals surface area (Å²) in [5.74, 6) is 0.163. The average Bonchev–Trinajstić information content (AvgIpc) is 3.74. The third-order valence-corrected chi connectivity index (χ3v) is 10.6. The molecule has 4 aromatic heterocycles. The molecule has 0 unspecified atom stereocenters. The molecule has 3 aliphatic rings. The SMILES string of the molecule is Nc1ccnn2c([C@H]3C[C@@H]4O[P@](=O)(S)OC[C@H]5O[C@@H](n6ccc(=O)n7ccnc67)[C@H](O[P@](=O)(S)OC[C@H]4O3)[C@@H]5O)cnc12. The van der Waals surface area contributed by atoms with Crippen LogP contribution in [0.1, 0.15) is 24.4 Å². The van der Waals surface area contributed by atoms with Crippen molar-refractivity contribution in [3.63, 3.8) is 0 Å². The zero-order chi connectivity index (χ0) is 30.1. The Hall–Kier alpha value is -2.28. The topological polar surface area (TPSA) is 205 Å². The molecule has 7 heterocycles. The number of ether oxygens (including phenoxy) is 2. The molecule has 4 aromatic rings. The van der Waals surface area contributed by atoms with Crippen LogP contribution in [0.25, 0.3) is 11.4 Å². The van der Waals surface area contributed by atoms with Gasteiger partial charge < -0.3 is 20.3 Å². The van der Waals surface area contributed by atoms with Crippen molar-refractivity contribution >= 4 is 55.2 Å². The normalized spacial score (nSPS) is 37.1. The minimum atomic E-state index is -4.21. The van der Waals surface area contributed by atoms with E-state index >= 15 is 0 Å². The van der Waals surface area contributed by atoms with E-state index < -0.39 is 63.1 Å². The lowest BCUT2D eigenvalue weighted by molar-refractivity contribution is -0.0534. The number of rotatable bonds is 2. The summed E-state index contributed by atoms with van der Waals surface area (Å²) in [5.41, 5.74) is 7.04. The summed E-state index contributed by atoms with van der Waals surface area (Å²) in [6, 6.07) is 2.87. The number of aliphatic hydroxyl groups excluding tert-OH is 1. The van der Waals surface area contributed by atoms with Crippen molar-refractivity contribution in [2.75, 3.05) is 18.9 Å². The Morgan fingerprint density at radius 3 is 2.56 bits per heavy atom. The number of aliphatic hydroxyl groups is 1. The smallest absolute Gasteiger partial charge is 0.386 e. The molecule has 0 radical (unpaired) electrons. The Kier molecular flexibility index (Phi) is 7.50. The fraction of sp³-hybridized carbons (Fsp3) is 0.455. The van der Waals surface area contributed by atoms with Crippen molar-refractivity contribution in [1.29, 1.82) is 0 Å². The standard InChI is InChI=1S/C22H25N7O10P2S2/c23-11-1-3-26-29-12(8-25-20(11)29)13-7-14-15(36-13)9-34-41(33,43)39-19-18(31)16(10-35-40(32,42)38-14)37-21(19)28-5-2-17(30)27-6-4-24-22(27)28/h1-6,8,13-16,18-19,21,31H,7,9-10,23H2,(H,32,42)(H,33,43)/t13-,14+,15-,16-,18-,19-,21-,40-,41-/m1/s1. The molecule has 0 aromatic carbocycles. The minimum absolute atomic E-state index is 0.157. The number of fused-ring (bicyclic) bond motifs is 5. The first-order valence-electron chi connectivity index (χ1n) is 12.9. The lowest BCUT2D eigenvalue weighted by Crippen LogP contribution is -2.35. The third kappa shape index (κ3) is 5.46. The Bertz CT molecular complexity index is 1850. The quantitative estimate of drug-likeness (QED) is 0.177. The molecule has 3 fully saturated rings. The maximum Gasteiger partial charge on any atom is 0.386 e. The molecule has 21 heteroatoms. The number of hydrogen-bond acceptors (Lipinski definition) is 14.